The number of hydrogen-bond donors (Lipinski definition) is 4. The van der Waals surface area contributed by atoms with E-state index >= 15 is 0 Å². The number of urea groups is 1. The molecule has 0 heterocycles. The van der Waals surface area contributed by atoms with Crippen molar-refractivity contribution in [3.05, 3.63) is 29.8 Å². The number of carbonyl (C=O) groups excluding carboxylic acids is 2. The van der Waals surface area contributed by atoms with Crippen LogP contribution >= 0.6 is 0 Å². The molecule has 1 rings (SSSR count). The lowest BCUT2D eigenvalue weighted by atomic mass is 9.97. The normalized spacial score (nSPS) is 10.9. The van der Waals surface area contributed by atoms with Crippen LogP contribution < -0.4 is 16.4 Å². The van der Waals surface area contributed by atoms with E-state index in [0.29, 0.717) is 24.1 Å². The van der Waals surface area contributed by atoms with Gasteiger partial charge in [0.05, 0.1) is 5.60 Å². The summed E-state index contributed by atoms with van der Waals surface area (Å²) >= 11 is 0. The molecule has 0 aromatic heterocycles. The first kappa shape index (κ1) is 16.0. The van der Waals surface area contributed by atoms with Crippen molar-refractivity contribution in [2.24, 2.45) is 5.73 Å². The molecule has 6 heteroatoms. The van der Waals surface area contributed by atoms with Crippen molar-refractivity contribution in [2.45, 2.75) is 32.3 Å². The first-order chi connectivity index (χ1) is 9.40. The third-order valence-electron chi connectivity index (χ3n) is 3.31. The Labute approximate surface area is 118 Å². The van der Waals surface area contributed by atoms with Gasteiger partial charge in [-0.05, 0) is 37.1 Å². The van der Waals surface area contributed by atoms with Crippen LogP contribution in [0.15, 0.2) is 24.3 Å². The van der Waals surface area contributed by atoms with E-state index in [0.717, 1.165) is 0 Å². The summed E-state index contributed by atoms with van der Waals surface area (Å²) in [5, 5.41) is 15.2. The number of aliphatic hydroxyl groups is 1. The summed E-state index contributed by atoms with van der Waals surface area (Å²) in [6.45, 7) is 3.96. The molecule has 5 N–H and O–H groups in total. The zero-order chi connectivity index (χ0) is 15.2. The maximum atomic E-state index is 11.9. The molecule has 20 heavy (non-hydrogen) atoms. The molecule has 6 nitrogen and oxygen atoms in total. The average Bonchev–Trinajstić information content (AvgIpc) is 2.44. The Kier molecular flexibility index (Phi) is 5.52. The predicted molar refractivity (Wildman–Crippen MR) is 77.5 cm³/mol. The lowest BCUT2D eigenvalue weighted by Crippen LogP contribution is -2.42. The maximum Gasteiger partial charge on any atom is 0.316 e. The summed E-state index contributed by atoms with van der Waals surface area (Å²) in [5.41, 5.74) is 5.09. The molecule has 0 radical (unpaired) electrons. The molecule has 0 fully saturated rings. The highest BCUT2D eigenvalue weighted by Crippen LogP contribution is 2.14. The summed E-state index contributed by atoms with van der Waals surface area (Å²) in [6.07, 6.45) is 1.15. The Bertz CT molecular complexity index is 467. The topological polar surface area (TPSA) is 104 Å². The molecule has 0 atom stereocenters. The van der Waals surface area contributed by atoms with Gasteiger partial charge in [0.1, 0.15) is 0 Å². The van der Waals surface area contributed by atoms with Gasteiger partial charge in [-0.3, -0.25) is 4.79 Å². The number of anilines is 1. The van der Waals surface area contributed by atoms with Gasteiger partial charge in [-0.1, -0.05) is 13.8 Å². The fraction of sp³-hybridized carbons (Fsp3) is 0.429. The van der Waals surface area contributed by atoms with Crippen LogP contribution in [0.1, 0.15) is 37.0 Å². The van der Waals surface area contributed by atoms with E-state index in [1.54, 1.807) is 24.3 Å². The molecule has 0 spiro atoms. The van der Waals surface area contributed by atoms with E-state index in [9.17, 15) is 14.7 Å². The highest BCUT2D eigenvalue weighted by molar-refractivity contribution is 5.95. The van der Waals surface area contributed by atoms with Gasteiger partial charge in [0.25, 0.3) is 5.91 Å². The first-order valence-electron chi connectivity index (χ1n) is 6.57. The fourth-order valence-corrected chi connectivity index (χ4v) is 1.69. The van der Waals surface area contributed by atoms with E-state index in [4.69, 9.17) is 5.73 Å². The molecule has 0 saturated heterocycles. The number of amides is 3. The summed E-state index contributed by atoms with van der Waals surface area (Å²) in [4.78, 5) is 22.6. The van der Waals surface area contributed by atoms with Gasteiger partial charge < -0.3 is 21.5 Å². The maximum absolute atomic E-state index is 11.9. The van der Waals surface area contributed by atoms with Gasteiger partial charge in [0, 0.05) is 17.8 Å². The summed E-state index contributed by atoms with van der Waals surface area (Å²) in [5.74, 6) is -0.268. The van der Waals surface area contributed by atoms with Gasteiger partial charge in [0.15, 0.2) is 0 Å². The third kappa shape index (κ3) is 4.55. The highest BCUT2D eigenvalue weighted by Gasteiger charge is 2.22. The van der Waals surface area contributed by atoms with Gasteiger partial charge >= 0.3 is 6.03 Å². The number of nitrogens with one attached hydrogen (secondary N) is 2. The summed E-state index contributed by atoms with van der Waals surface area (Å²) < 4.78 is 0. The van der Waals surface area contributed by atoms with E-state index < -0.39 is 11.6 Å². The molecule has 0 aliphatic carbocycles. The van der Waals surface area contributed by atoms with E-state index in [1.807, 2.05) is 13.8 Å². The van der Waals surface area contributed by atoms with Gasteiger partial charge in [-0.25, -0.2) is 4.79 Å². The second-order valence-electron chi connectivity index (χ2n) is 4.68. The van der Waals surface area contributed by atoms with Crippen LogP contribution in [-0.4, -0.2) is 29.2 Å². The number of hydrogen-bond acceptors (Lipinski definition) is 3. The third-order valence-corrected chi connectivity index (χ3v) is 3.31. The Morgan fingerprint density at radius 2 is 1.75 bits per heavy atom. The van der Waals surface area contributed by atoms with Crippen LogP contribution in [0.2, 0.25) is 0 Å². The molecule has 1 aromatic rings. The number of primary amides is 1. The molecule has 0 unspecified atom stereocenters. The monoisotopic (exact) mass is 279 g/mol. The van der Waals surface area contributed by atoms with Crippen molar-refractivity contribution in [1.82, 2.24) is 5.32 Å². The Hall–Kier alpha value is -2.08. The first-order valence-corrected chi connectivity index (χ1v) is 6.57. The van der Waals surface area contributed by atoms with Crippen LogP contribution in [-0.2, 0) is 0 Å². The number of rotatable bonds is 6. The molecule has 3 amide bonds. The molecular weight excluding hydrogens is 258 g/mol. The predicted octanol–water partition coefficient (Wildman–Crippen LogP) is 1.46. The minimum atomic E-state index is -0.872. The van der Waals surface area contributed by atoms with Crippen molar-refractivity contribution >= 4 is 17.6 Å². The molecule has 110 valence electrons. The number of carbonyl (C=O) groups is 2. The van der Waals surface area contributed by atoms with Crippen molar-refractivity contribution in [1.29, 1.82) is 0 Å². The Morgan fingerprint density at radius 3 is 2.20 bits per heavy atom. The zero-order valence-electron chi connectivity index (χ0n) is 11.8. The van der Waals surface area contributed by atoms with Gasteiger partial charge in [-0.2, -0.15) is 0 Å². The standard InChI is InChI=1S/C14H21N3O3/c1-3-14(20,4-2)9-16-12(18)10-5-7-11(8-6-10)17-13(15)19/h5-8,20H,3-4,9H2,1-2H3,(H,16,18)(H3,15,17,19). The molecule has 1 aromatic carbocycles. The quantitative estimate of drug-likeness (QED) is 0.633. The van der Waals surface area contributed by atoms with E-state index in [-0.39, 0.29) is 12.5 Å². The van der Waals surface area contributed by atoms with Crippen LogP contribution in [0, 0.1) is 0 Å². The lowest BCUT2D eigenvalue weighted by Gasteiger charge is -2.25. The molecule has 0 aliphatic rings. The average molecular weight is 279 g/mol. The van der Waals surface area contributed by atoms with Crippen LogP contribution in [0.25, 0.3) is 0 Å². The van der Waals surface area contributed by atoms with Crippen molar-refractivity contribution in [2.75, 3.05) is 11.9 Å². The minimum absolute atomic E-state index is 0.208. The number of nitrogens with two attached hydrogens (primary N) is 1. The van der Waals surface area contributed by atoms with E-state index in [1.165, 1.54) is 0 Å². The molecule has 0 aliphatic heterocycles. The Morgan fingerprint density at radius 1 is 1.20 bits per heavy atom. The van der Waals surface area contributed by atoms with Crippen LogP contribution in [0.5, 0.6) is 0 Å². The van der Waals surface area contributed by atoms with Gasteiger partial charge in [-0.15, -0.1) is 0 Å². The van der Waals surface area contributed by atoms with E-state index in [2.05, 4.69) is 10.6 Å². The smallest absolute Gasteiger partial charge is 0.316 e. The summed E-state index contributed by atoms with van der Waals surface area (Å²) in [6, 6.07) is 5.68. The fourth-order valence-electron chi connectivity index (χ4n) is 1.69. The largest absolute Gasteiger partial charge is 0.388 e. The van der Waals surface area contributed by atoms with Crippen molar-refractivity contribution < 1.29 is 14.7 Å². The summed E-state index contributed by atoms with van der Waals surface area (Å²) in [7, 11) is 0. The number of benzene rings is 1. The van der Waals surface area contributed by atoms with Crippen LogP contribution in [0.4, 0.5) is 10.5 Å². The second-order valence-corrected chi connectivity index (χ2v) is 4.68. The molecular formula is C14H21N3O3. The molecule has 0 bridgehead atoms. The minimum Gasteiger partial charge on any atom is -0.388 e. The van der Waals surface area contributed by atoms with Crippen LogP contribution in [0.3, 0.4) is 0 Å². The van der Waals surface area contributed by atoms with Gasteiger partial charge in [0.2, 0.25) is 0 Å². The van der Waals surface area contributed by atoms with Crippen molar-refractivity contribution in [3.63, 3.8) is 0 Å². The molecule has 0 saturated carbocycles. The Balaban J connectivity index is 2.62. The zero-order valence-corrected chi connectivity index (χ0v) is 11.8. The SMILES string of the molecule is CCC(O)(CC)CNC(=O)c1ccc(NC(N)=O)cc1. The lowest BCUT2D eigenvalue weighted by molar-refractivity contribution is 0.0314. The highest BCUT2D eigenvalue weighted by atomic mass is 16.3. The van der Waals surface area contributed by atoms with Crippen molar-refractivity contribution in [3.8, 4) is 0 Å². The second kappa shape index (κ2) is 6.91.